The quantitative estimate of drug-likeness (QED) is 0.567. The number of nitrogens with zero attached hydrogens (tertiary/aromatic N) is 1. The van der Waals surface area contributed by atoms with Crippen LogP contribution < -0.4 is 5.32 Å². The molecule has 2 heteroatoms. The van der Waals surface area contributed by atoms with Crippen molar-refractivity contribution >= 4 is 6.72 Å². The molecule has 0 aliphatic rings. The Kier molecular flexibility index (Phi) is 4.32. The van der Waals surface area contributed by atoms with Gasteiger partial charge in [0.2, 0.25) is 0 Å². The van der Waals surface area contributed by atoms with E-state index in [0.29, 0.717) is 18.6 Å². The van der Waals surface area contributed by atoms with Crippen LogP contribution in [0.4, 0.5) is 0 Å². The fourth-order valence-electron chi connectivity index (χ4n) is 0.444. The second kappa shape index (κ2) is 4.50. The maximum absolute atomic E-state index is 3.70. The van der Waals surface area contributed by atoms with Gasteiger partial charge >= 0.3 is 0 Å². The minimum atomic E-state index is 0.537. The molecule has 1 unspecified atom stereocenters. The van der Waals surface area contributed by atoms with Gasteiger partial charge in [-0.15, -0.1) is 0 Å². The largest absolute Gasteiger partial charge is 0.296 e. The predicted octanol–water partition coefficient (Wildman–Crippen LogP) is 1.28. The van der Waals surface area contributed by atoms with Gasteiger partial charge in [-0.3, -0.25) is 10.3 Å². The maximum atomic E-state index is 3.70. The molecule has 1 atom stereocenters. The van der Waals surface area contributed by atoms with E-state index in [1.807, 2.05) is 0 Å². The molecular weight excluding hydrogens is 112 g/mol. The lowest BCUT2D eigenvalue weighted by Crippen LogP contribution is -2.30. The molecule has 0 radical (unpaired) electrons. The van der Waals surface area contributed by atoms with Crippen molar-refractivity contribution in [2.75, 3.05) is 6.67 Å². The summed E-state index contributed by atoms with van der Waals surface area (Å²) >= 11 is 0. The van der Waals surface area contributed by atoms with Crippen molar-refractivity contribution in [3.8, 4) is 0 Å². The van der Waals surface area contributed by atoms with Gasteiger partial charge in [0, 0.05) is 6.04 Å². The highest BCUT2D eigenvalue weighted by molar-refractivity contribution is 5.22. The topological polar surface area (TPSA) is 24.4 Å². The summed E-state index contributed by atoms with van der Waals surface area (Å²) in [4.78, 5) is 3.70. The molecule has 0 aromatic carbocycles. The van der Waals surface area contributed by atoms with E-state index >= 15 is 0 Å². The highest BCUT2D eigenvalue weighted by Crippen LogP contribution is 1.98. The maximum Gasteiger partial charge on any atom is 0.0879 e. The monoisotopic (exact) mass is 128 g/mol. The van der Waals surface area contributed by atoms with Gasteiger partial charge in [-0.25, -0.2) is 0 Å². The van der Waals surface area contributed by atoms with Crippen molar-refractivity contribution in [3.63, 3.8) is 0 Å². The summed E-state index contributed by atoms with van der Waals surface area (Å²) in [7, 11) is 0. The summed E-state index contributed by atoms with van der Waals surface area (Å²) in [5.41, 5.74) is 0. The molecule has 2 nitrogen and oxygen atoms in total. The Bertz CT molecular complexity index is 79.0. The number of hydrogen-bond acceptors (Lipinski definition) is 2. The van der Waals surface area contributed by atoms with Gasteiger partial charge in [0.15, 0.2) is 0 Å². The molecule has 0 amide bonds. The predicted molar refractivity (Wildman–Crippen MR) is 41.9 cm³/mol. The summed E-state index contributed by atoms with van der Waals surface area (Å²) in [5, 5.41) is 3.20. The molecular formula is C7H16N2. The zero-order chi connectivity index (χ0) is 7.28. The van der Waals surface area contributed by atoms with Crippen LogP contribution in [0, 0.1) is 5.92 Å². The Morgan fingerprint density at radius 2 is 2.00 bits per heavy atom. The highest BCUT2D eigenvalue weighted by atomic mass is 15.0. The Morgan fingerprint density at radius 3 is 2.33 bits per heavy atom. The first-order valence-electron chi connectivity index (χ1n) is 3.34. The highest BCUT2D eigenvalue weighted by Gasteiger charge is 2.02. The van der Waals surface area contributed by atoms with Gasteiger partial charge < -0.3 is 0 Å². The van der Waals surface area contributed by atoms with Crippen LogP contribution in [0.2, 0.25) is 0 Å². The third kappa shape index (κ3) is 4.15. The molecule has 0 bridgehead atoms. The van der Waals surface area contributed by atoms with E-state index in [1.54, 1.807) is 0 Å². The number of hydrogen-bond donors (Lipinski definition) is 1. The van der Waals surface area contributed by atoms with Crippen molar-refractivity contribution in [3.05, 3.63) is 0 Å². The van der Waals surface area contributed by atoms with E-state index in [-0.39, 0.29) is 0 Å². The van der Waals surface area contributed by atoms with Gasteiger partial charge in [-0.1, -0.05) is 13.8 Å². The van der Waals surface area contributed by atoms with Crippen LogP contribution in [0.15, 0.2) is 4.99 Å². The fourth-order valence-corrected chi connectivity index (χ4v) is 0.444. The van der Waals surface area contributed by atoms with Crippen molar-refractivity contribution < 1.29 is 0 Å². The average molecular weight is 128 g/mol. The van der Waals surface area contributed by atoms with E-state index in [0.717, 1.165) is 0 Å². The summed E-state index contributed by atoms with van der Waals surface area (Å²) in [6.07, 6.45) is 0. The second-order valence-corrected chi connectivity index (χ2v) is 2.62. The molecule has 0 aromatic rings. The summed E-state index contributed by atoms with van der Waals surface area (Å²) in [6.45, 7) is 10.6. The van der Waals surface area contributed by atoms with Crippen molar-refractivity contribution in [2.45, 2.75) is 26.8 Å². The first-order valence-corrected chi connectivity index (χ1v) is 3.34. The van der Waals surface area contributed by atoms with Gasteiger partial charge in [0.25, 0.3) is 0 Å². The Morgan fingerprint density at radius 1 is 1.44 bits per heavy atom. The zero-order valence-electron chi connectivity index (χ0n) is 6.52. The minimum Gasteiger partial charge on any atom is -0.296 e. The molecule has 0 aliphatic carbocycles. The lowest BCUT2D eigenvalue weighted by Gasteiger charge is -2.15. The second-order valence-electron chi connectivity index (χ2n) is 2.62. The SMILES string of the molecule is C=NCNC(C)C(C)C. The van der Waals surface area contributed by atoms with E-state index in [9.17, 15) is 0 Å². The van der Waals surface area contributed by atoms with E-state index in [1.165, 1.54) is 0 Å². The van der Waals surface area contributed by atoms with Crippen LogP contribution in [0.1, 0.15) is 20.8 Å². The van der Waals surface area contributed by atoms with Crippen LogP contribution >= 0.6 is 0 Å². The molecule has 0 aliphatic heterocycles. The minimum absolute atomic E-state index is 0.537. The van der Waals surface area contributed by atoms with Crippen molar-refractivity contribution in [1.29, 1.82) is 0 Å². The fraction of sp³-hybridized carbons (Fsp3) is 0.857. The summed E-state index contributed by atoms with van der Waals surface area (Å²) in [6, 6.07) is 0.537. The molecule has 0 saturated heterocycles. The zero-order valence-corrected chi connectivity index (χ0v) is 6.52. The molecule has 0 saturated carbocycles. The molecule has 9 heavy (non-hydrogen) atoms. The van der Waals surface area contributed by atoms with Crippen LogP contribution in [0.5, 0.6) is 0 Å². The average Bonchev–Trinajstić information content (AvgIpc) is 1.82. The van der Waals surface area contributed by atoms with E-state index < -0.39 is 0 Å². The van der Waals surface area contributed by atoms with E-state index in [2.05, 4.69) is 37.8 Å². The molecule has 0 aromatic heterocycles. The molecule has 0 heterocycles. The molecule has 0 fully saturated rings. The smallest absolute Gasteiger partial charge is 0.0879 e. The normalized spacial score (nSPS) is 13.8. The standard InChI is InChI=1S/C7H16N2/c1-6(2)7(3)9-5-8-4/h6-7,9H,4-5H2,1-3H3. The first kappa shape index (κ1) is 8.63. The van der Waals surface area contributed by atoms with Crippen LogP contribution in [-0.2, 0) is 0 Å². The molecule has 0 rings (SSSR count). The van der Waals surface area contributed by atoms with Gasteiger partial charge in [0.1, 0.15) is 0 Å². The van der Waals surface area contributed by atoms with Crippen molar-refractivity contribution in [1.82, 2.24) is 5.32 Å². The third-order valence-corrected chi connectivity index (χ3v) is 1.53. The molecule has 0 spiro atoms. The number of rotatable bonds is 4. The van der Waals surface area contributed by atoms with Gasteiger partial charge in [-0.2, -0.15) is 0 Å². The van der Waals surface area contributed by atoms with Gasteiger partial charge in [0.05, 0.1) is 6.67 Å². The Labute approximate surface area is 57.4 Å². The third-order valence-electron chi connectivity index (χ3n) is 1.53. The first-order chi connectivity index (χ1) is 4.18. The van der Waals surface area contributed by atoms with Crippen LogP contribution in [-0.4, -0.2) is 19.4 Å². The van der Waals surface area contributed by atoms with Crippen LogP contribution in [0.3, 0.4) is 0 Å². The summed E-state index contributed by atoms with van der Waals surface area (Å²) < 4.78 is 0. The van der Waals surface area contributed by atoms with Crippen molar-refractivity contribution in [2.24, 2.45) is 10.9 Å². The van der Waals surface area contributed by atoms with E-state index in [4.69, 9.17) is 0 Å². The molecule has 54 valence electrons. The number of aliphatic imine (C=N–C) groups is 1. The Balaban J connectivity index is 3.26. The number of nitrogens with one attached hydrogen (secondary N) is 1. The van der Waals surface area contributed by atoms with Crippen LogP contribution in [0.25, 0.3) is 0 Å². The lowest BCUT2D eigenvalue weighted by atomic mass is 10.1. The lowest BCUT2D eigenvalue weighted by molar-refractivity contribution is 0.434. The van der Waals surface area contributed by atoms with Gasteiger partial charge in [-0.05, 0) is 19.6 Å². The Hall–Kier alpha value is -0.370. The molecule has 1 N–H and O–H groups in total. The summed E-state index contributed by atoms with van der Waals surface area (Å²) in [5.74, 6) is 0.673.